The quantitative estimate of drug-likeness (QED) is 0.256. The van der Waals surface area contributed by atoms with Gasteiger partial charge in [-0.3, -0.25) is 13.8 Å². The lowest BCUT2D eigenvalue weighted by Crippen LogP contribution is -2.41. The van der Waals surface area contributed by atoms with Crippen LogP contribution in [0.2, 0.25) is 0 Å². The van der Waals surface area contributed by atoms with Gasteiger partial charge in [0, 0.05) is 43.4 Å². The number of anilines is 1. The Morgan fingerprint density at radius 1 is 1.26 bits per heavy atom. The van der Waals surface area contributed by atoms with Gasteiger partial charge in [-0.2, -0.15) is 0 Å². The second kappa shape index (κ2) is 10.0. The zero-order chi connectivity index (χ0) is 25.3. The van der Waals surface area contributed by atoms with Crippen LogP contribution in [0.25, 0.3) is 22.3 Å². The number of fused-ring (bicyclic) bond motifs is 1. The zero-order valence-electron chi connectivity index (χ0n) is 19.6. The third-order valence-corrected chi connectivity index (χ3v) is 8.21. The van der Waals surface area contributed by atoms with E-state index in [9.17, 15) is 18.2 Å². The van der Waals surface area contributed by atoms with E-state index in [1.165, 1.54) is 12.1 Å². The SMILES string of the molecule is CNC(=O)c1c(-c2ccc(F)cc2)oc2cc(N(CCNC(=O)CN)[SH](C)(=O)P)c(C3CC3)cc12. The van der Waals surface area contributed by atoms with Gasteiger partial charge in [0.1, 0.15) is 17.2 Å². The van der Waals surface area contributed by atoms with Crippen molar-refractivity contribution in [1.82, 2.24) is 10.6 Å². The molecule has 1 aromatic heterocycles. The number of hydrogen-bond donors (Lipinski definition) is 4. The average Bonchev–Trinajstić information content (AvgIpc) is 3.60. The third kappa shape index (κ3) is 5.39. The lowest BCUT2D eigenvalue weighted by atomic mass is 10.0. The molecule has 188 valence electrons. The van der Waals surface area contributed by atoms with E-state index in [1.54, 1.807) is 29.7 Å². The molecule has 0 saturated heterocycles. The highest BCUT2D eigenvalue weighted by Gasteiger charge is 2.32. The summed E-state index contributed by atoms with van der Waals surface area (Å²) in [5, 5.41) is 6.03. The van der Waals surface area contributed by atoms with Crippen LogP contribution in [0.5, 0.6) is 0 Å². The summed E-state index contributed by atoms with van der Waals surface area (Å²) < 4.78 is 34.8. The Bertz CT molecular complexity index is 1320. The van der Waals surface area contributed by atoms with Crippen LogP contribution in [0, 0.1) is 5.82 Å². The Labute approximate surface area is 206 Å². The average molecular weight is 521 g/mol. The molecule has 4 rings (SSSR count). The van der Waals surface area contributed by atoms with Crippen LogP contribution in [0.4, 0.5) is 10.1 Å². The van der Waals surface area contributed by atoms with Crippen LogP contribution in [0.3, 0.4) is 0 Å². The van der Waals surface area contributed by atoms with Gasteiger partial charge in [0.2, 0.25) is 5.91 Å². The molecule has 1 fully saturated rings. The number of thiol groups is 1. The molecule has 11 heteroatoms. The summed E-state index contributed by atoms with van der Waals surface area (Å²) in [6.07, 6.45) is 3.61. The van der Waals surface area contributed by atoms with Gasteiger partial charge in [0.05, 0.1) is 17.8 Å². The first-order valence-corrected chi connectivity index (χ1v) is 15.1. The number of furan rings is 1. The minimum absolute atomic E-state index is 0.120. The van der Waals surface area contributed by atoms with Gasteiger partial charge >= 0.3 is 0 Å². The second-order valence-corrected chi connectivity index (χ2v) is 13.9. The Morgan fingerprint density at radius 2 is 1.94 bits per heavy atom. The minimum Gasteiger partial charge on any atom is -0.455 e. The van der Waals surface area contributed by atoms with Crippen LogP contribution in [-0.2, 0) is 14.5 Å². The fourth-order valence-electron chi connectivity index (χ4n) is 4.16. The molecular formula is C24H30FN4O4PS. The molecule has 1 saturated carbocycles. The van der Waals surface area contributed by atoms with Gasteiger partial charge in [0.15, 0.2) is 0 Å². The summed E-state index contributed by atoms with van der Waals surface area (Å²) in [6.45, 7) is 0.458. The zero-order valence-corrected chi connectivity index (χ0v) is 21.7. The van der Waals surface area contributed by atoms with Crippen molar-refractivity contribution in [2.75, 3.05) is 37.2 Å². The molecule has 1 heterocycles. The predicted octanol–water partition coefficient (Wildman–Crippen LogP) is 2.71. The maximum absolute atomic E-state index is 13.5. The van der Waals surface area contributed by atoms with Crippen molar-refractivity contribution in [1.29, 1.82) is 0 Å². The van der Waals surface area contributed by atoms with Gasteiger partial charge in [-0.1, -0.05) is 0 Å². The Morgan fingerprint density at radius 3 is 2.51 bits per heavy atom. The smallest absolute Gasteiger partial charge is 0.255 e. The summed E-state index contributed by atoms with van der Waals surface area (Å²) in [4.78, 5) is 24.5. The largest absolute Gasteiger partial charge is 0.455 e. The van der Waals surface area contributed by atoms with Crippen molar-refractivity contribution in [3.8, 4) is 11.3 Å². The molecule has 2 aromatic carbocycles. The van der Waals surface area contributed by atoms with Crippen molar-refractivity contribution < 1.29 is 22.6 Å². The molecule has 3 aromatic rings. The number of carbonyl (C=O) groups excluding carboxylic acids is 2. The Kier molecular flexibility index (Phi) is 7.26. The first kappa shape index (κ1) is 25.3. The van der Waals surface area contributed by atoms with Crippen molar-refractivity contribution in [3.63, 3.8) is 0 Å². The summed E-state index contributed by atoms with van der Waals surface area (Å²) in [7, 11) is 1.10. The number of hydrogen-bond acceptors (Lipinski definition) is 5. The first-order valence-electron chi connectivity index (χ1n) is 11.3. The number of rotatable bonds is 9. The molecule has 2 amide bonds. The summed E-state index contributed by atoms with van der Waals surface area (Å²) in [5.41, 5.74) is 8.49. The van der Waals surface area contributed by atoms with Gasteiger partial charge < -0.3 is 25.1 Å². The van der Waals surface area contributed by atoms with Crippen molar-refractivity contribution in [3.05, 3.63) is 53.3 Å². The molecule has 1 atom stereocenters. The number of carbonyl (C=O) groups is 2. The van der Waals surface area contributed by atoms with E-state index >= 15 is 0 Å². The number of nitrogens with one attached hydrogen (secondary N) is 2. The number of benzene rings is 2. The number of nitrogens with zero attached hydrogens (tertiary/aromatic N) is 1. The molecule has 8 nitrogen and oxygen atoms in total. The van der Waals surface area contributed by atoms with Crippen LogP contribution in [0.1, 0.15) is 34.7 Å². The van der Waals surface area contributed by atoms with E-state index in [0.717, 1.165) is 24.1 Å². The van der Waals surface area contributed by atoms with E-state index in [0.29, 0.717) is 34.4 Å². The Hall–Kier alpha value is -2.81. The molecule has 0 aliphatic heterocycles. The number of halogens is 1. The van der Waals surface area contributed by atoms with Crippen LogP contribution >= 0.6 is 8.44 Å². The molecule has 4 N–H and O–H groups in total. The molecule has 1 unspecified atom stereocenters. The van der Waals surface area contributed by atoms with E-state index in [1.807, 2.05) is 12.1 Å². The van der Waals surface area contributed by atoms with Crippen LogP contribution in [-0.4, -0.2) is 49.0 Å². The highest BCUT2D eigenvalue weighted by Crippen LogP contribution is 2.48. The monoisotopic (exact) mass is 520 g/mol. The van der Waals surface area contributed by atoms with E-state index in [2.05, 4.69) is 19.1 Å². The van der Waals surface area contributed by atoms with Crippen molar-refractivity contribution in [2.24, 2.45) is 5.73 Å². The molecule has 0 bridgehead atoms. The minimum atomic E-state index is -2.87. The molecule has 0 radical (unpaired) electrons. The molecule has 35 heavy (non-hydrogen) atoms. The summed E-state index contributed by atoms with van der Waals surface area (Å²) >= 11 is 0. The number of amides is 2. The van der Waals surface area contributed by atoms with Gasteiger partial charge in [-0.25, -0.2) is 4.39 Å². The highest BCUT2D eigenvalue weighted by atomic mass is 32.8. The van der Waals surface area contributed by atoms with Crippen LogP contribution in [0.15, 0.2) is 40.8 Å². The molecule has 0 spiro atoms. The normalized spacial score (nSPS) is 14.1. The van der Waals surface area contributed by atoms with Crippen molar-refractivity contribution >= 4 is 46.7 Å². The molecular weight excluding hydrogens is 490 g/mol. The lowest BCUT2D eigenvalue weighted by molar-refractivity contribution is -0.119. The van der Waals surface area contributed by atoms with Crippen LogP contribution < -0.4 is 20.7 Å². The highest BCUT2D eigenvalue weighted by molar-refractivity contribution is 8.45. The maximum atomic E-state index is 13.5. The van der Waals surface area contributed by atoms with E-state index < -0.39 is 9.74 Å². The van der Waals surface area contributed by atoms with Gasteiger partial charge in [0.25, 0.3) is 5.91 Å². The lowest BCUT2D eigenvalue weighted by Gasteiger charge is -2.34. The maximum Gasteiger partial charge on any atom is 0.255 e. The fourth-order valence-corrected chi connectivity index (χ4v) is 5.97. The second-order valence-electron chi connectivity index (χ2n) is 8.69. The van der Waals surface area contributed by atoms with Gasteiger partial charge in [-0.05, 0) is 72.8 Å². The predicted molar refractivity (Wildman–Crippen MR) is 142 cm³/mol. The fraction of sp³-hybridized carbons (Fsp3) is 0.333. The first-order chi connectivity index (χ1) is 16.6. The van der Waals surface area contributed by atoms with E-state index in [4.69, 9.17) is 10.2 Å². The summed E-state index contributed by atoms with van der Waals surface area (Å²) in [5.74, 6) is -0.380. The number of nitrogens with two attached hydrogens (primary N) is 1. The van der Waals surface area contributed by atoms with Crippen molar-refractivity contribution in [2.45, 2.75) is 18.8 Å². The Balaban J connectivity index is 1.87. The van der Waals surface area contributed by atoms with E-state index in [-0.39, 0.29) is 36.6 Å². The molecule has 1 aliphatic rings. The standard InChI is InChI=1S/C24H30FN4O4PS/c1-27-24(31)22-18-11-17(14-3-4-14)19(29(35(2,32)34)10-9-28-21(30)13-26)12-20(18)33-23(22)15-5-7-16(25)8-6-15/h5-8,11-12,14,35H,3-4,9-10,13,26,34H2,1-2H3,(H,27,31)(H,28,30). The topological polar surface area (TPSA) is 118 Å². The third-order valence-electron chi connectivity index (χ3n) is 6.00. The molecule has 1 aliphatic carbocycles. The summed E-state index contributed by atoms with van der Waals surface area (Å²) in [6, 6.07) is 9.52. The van der Waals surface area contributed by atoms with Gasteiger partial charge in [-0.15, -0.1) is 0 Å².